The number of primary amides is 1. The van der Waals surface area contributed by atoms with E-state index < -0.39 is 22.3 Å². The van der Waals surface area contributed by atoms with Crippen LogP contribution in [-0.4, -0.2) is 20.5 Å². The van der Waals surface area contributed by atoms with E-state index in [9.17, 15) is 24.8 Å². The van der Waals surface area contributed by atoms with Crippen molar-refractivity contribution in [2.24, 2.45) is 21.9 Å². The highest BCUT2D eigenvalue weighted by Gasteiger charge is 2.24. The number of rotatable bonds is 10. The number of hydrogen-bond acceptors (Lipinski definition) is 7. The first-order chi connectivity index (χ1) is 14.7. The number of aromatic hydroxyl groups is 1. The number of benzene rings is 1. The Morgan fingerprint density at radius 1 is 1.29 bits per heavy atom. The van der Waals surface area contributed by atoms with Crippen LogP contribution in [0.3, 0.4) is 0 Å². The minimum Gasteiger partial charge on any atom is -0.493 e. The number of nitrogens with two attached hydrogens (primary N) is 1. The summed E-state index contributed by atoms with van der Waals surface area (Å²) in [6, 6.07) is 5.73. The molecule has 31 heavy (non-hydrogen) atoms. The van der Waals surface area contributed by atoms with Crippen molar-refractivity contribution in [3.63, 3.8) is 0 Å². The molecule has 0 aliphatic rings. The monoisotopic (exact) mass is 429 g/mol. The molecule has 0 aliphatic carbocycles. The number of carbonyl (C=O) groups excluding carboxylic acids is 1. The number of para-hydroxylation sites is 1. The van der Waals surface area contributed by atoms with Gasteiger partial charge in [0, 0.05) is 18.2 Å². The molecule has 1 amide bonds. The molecule has 0 saturated carbocycles. The zero-order valence-electron chi connectivity index (χ0n) is 17.9. The maximum Gasteiger partial charge on any atom is 0.296 e. The van der Waals surface area contributed by atoms with Gasteiger partial charge in [0.1, 0.15) is 11.3 Å². The Morgan fingerprint density at radius 3 is 2.55 bits per heavy atom. The summed E-state index contributed by atoms with van der Waals surface area (Å²) in [4.78, 5) is 35.5. The Kier molecular flexibility index (Phi) is 8.00. The Bertz CT molecular complexity index is 1060. The highest BCUT2D eigenvalue weighted by Crippen LogP contribution is 2.35. The summed E-state index contributed by atoms with van der Waals surface area (Å²) in [5.74, 6) is -1.29. The molecule has 10 nitrogen and oxygen atoms in total. The predicted molar refractivity (Wildman–Crippen MR) is 116 cm³/mol. The van der Waals surface area contributed by atoms with Gasteiger partial charge in [-0.3, -0.25) is 24.3 Å². The van der Waals surface area contributed by atoms with Gasteiger partial charge in [-0.2, -0.15) is 0 Å². The van der Waals surface area contributed by atoms with E-state index in [1.807, 2.05) is 6.92 Å². The van der Waals surface area contributed by atoms with Crippen molar-refractivity contribution in [2.45, 2.75) is 53.0 Å². The molecule has 1 atom stereocenters. The number of aromatic nitrogens is 1. The fourth-order valence-electron chi connectivity index (χ4n) is 3.37. The van der Waals surface area contributed by atoms with Gasteiger partial charge >= 0.3 is 0 Å². The van der Waals surface area contributed by atoms with Crippen molar-refractivity contribution in [1.82, 2.24) is 4.57 Å². The summed E-state index contributed by atoms with van der Waals surface area (Å²) in [6.07, 6.45) is 3.59. The Hall–Kier alpha value is -3.56. The second-order valence-corrected chi connectivity index (χ2v) is 7.31. The summed E-state index contributed by atoms with van der Waals surface area (Å²) in [6.45, 7) is 5.67. The molecule has 0 aliphatic heterocycles. The van der Waals surface area contributed by atoms with Crippen LogP contribution in [0.5, 0.6) is 5.88 Å². The van der Waals surface area contributed by atoms with E-state index in [0.29, 0.717) is 0 Å². The van der Waals surface area contributed by atoms with Crippen molar-refractivity contribution < 1.29 is 14.8 Å². The molecule has 0 radical (unpaired) electrons. The molecule has 1 heterocycles. The third-order valence-corrected chi connectivity index (χ3v) is 5.22. The standard InChI is InChI=1S/C21H27N5O5/c1-4-6-9-14(5-2)12-25-20(28)17(19(22)27)13(3)18(21(25)29)24-23-15-10-7-8-11-16(15)26(30)31/h7-8,10-11,14,29H,4-6,9,12H2,1-3H3,(H2,22,27)/b24-23+. The van der Waals surface area contributed by atoms with Crippen molar-refractivity contribution in [1.29, 1.82) is 0 Å². The Balaban J connectivity index is 2.62. The van der Waals surface area contributed by atoms with Gasteiger partial charge in [0.15, 0.2) is 5.69 Å². The molecule has 3 N–H and O–H groups in total. The molecule has 0 spiro atoms. The SMILES string of the molecule is CCCCC(CC)Cn1c(O)c(/N=N/c2ccccc2[N+](=O)[O-])c(C)c(C(N)=O)c1=O. The van der Waals surface area contributed by atoms with E-state index in [2.05, 4.69) is 17.2 Å². The van der Waals surface area contributed by atoms with Crippen LogP contribution in [0.1, 0.15) is 55.5 Å². The second-order valence-electron chi connectivity index (χ2n) is 7.31. The third-order valence-electron chi connectivity index (χ3n) is 5.22. The lowest BCUT2D eigenvalue weighted by Gasteiger charge is -2.19. The summed E-state index contributed by atoms with van der Waals surface area (Å²) in [5, 5.41) is 29.9. The minimum atomic E-state index is -0.944. The summed E-state index contributed by atoms with van der Waals surface area (Å²) in [5.41, 5.74) is 4.08. The van der Waals surface area contributed by atoms with Crippen molar-refractivity contribution in [2.75, 3.05) is 0 Å². The van der Waals surface area contributed by atoms with Gasteiger partial charge in [-0.05, 0) is 25.3 Å². The molecule has 0 saturated heterocycles. The van der Waals surface area contributed by atoms with Crippen molar-refractivity contribution >= 4 is 23.0 Å². The van der Waals surface area contributed by atoms with Gasteiger partial charge in [-0.1, -0.05) is 45.2 Å². The molecule has 10 heteroatoms. The molecule has 0 bridgehead atoms. The third kappa shape index (κ3) is 5.33. The zero-order chi connectivity index (χ0) is 23.1. The van der Waals surface area contributed by atoms with E-state index in [4.69, 9.17) is 5.73 Å². The molecule has 1 aromatic heterocycles. The van der Waals surface area contributed by atoms with Crippen LogP contribution < -0.4 is 11.3 Å². The molecular weight excluding hydrogens is 402 g/mol. The quantitative estimate of drug-likeness (QED) is 0.323. The lowest BCUT2D eigenvalue weighted by atomic mass is 9.98. The smallest absolute Gasteiger partial charge is 0.296 e. The second kappa shape index (κ2) is 10.5. The van der Waals surface area contributed by atoms with Crippen LogP contribution in [0.15, 0.2) is 39.3 Å². The number of unbranched alkanes of at least 4 members (excludes halogenated alkanes) is 1. The molecule has 1 unspecified atom stereocenters. The number of nitrogens with zero attached hydrogens (tertiary/aromatic N) is 4. The minimum absolute atomic E-state index is 0.0287. The van der Waals surface area contributed by atoms with E-state index in [1.54, 1.807) is 6.07 Å². The van der Waals surface area contributed by atoms with E-state index in [1.165, 1.54) is 25.1 Å². The Labute approximate surface area is 179 Å². The largest absolute Gasteiger partial charge is 0.493 e. The van der Waals surface area contributed by atoms with E-state index in [-0.39, 0.29) is 40.7 Å². The fourth-order valence-corrected chi connectivity index (χ4v) is 3.37. The molecular formula is C21H27N5O5. The molecule has 166 valence electrons. The highest BCUT2D eigenvalue weighted by molar-refractivity contribution is 5.95. The predicted octanol–water partition coefficient (Wildman–Crippen LogP) is 4.50. The van der Waals surface area contributed by atoms with Gasteiger partial charge in [-0.25, -0.2) is 0 Å². The Morgan fingerprint density at radius 2 is 1.97 bits per heavy atom. The van der Waals surface area contributed by atoms with Crippen LogP contribution in [0.4, 0.5) is 17.1 Å². The number of pyridine rings is 1. The zero-order valence-corrected chi connectivity index (χ0v) is 17.9. The van der Waals surface area contributed by atoms with Gasteiger partial charge < -0.3 is 10.8 Å². The van der Waals surface area contributed by atoms with Gasteiger partial charge in [0.05, 0.1) is 4.92 Å². The average Bonchev–Trinajstić information content (AvgIpc) is 2.73. The van der Waals surface area contributed by atoms with Crippen LogP contribution >= 0.6 is 0 Å². The molecule has 0 fully saturated rings. The van der Waals surface area contributed by atoms with Crippen LogP contribution in [-0.2, 0) is 6.54 Å². The first kappa shape index (κ1) is 23.7. The van der Waals surface area contributed by atoms with Crippen LogP contribution in [0.25, 0.3) is 0 Å². The number of nitro groups is 1. The van der Waals surface area contributed by atoms with Gasteiger partial charge in [0.2, 0.25) is 5.88 Å². The number of azo groups is 1. The number of amides is 1. The number of hydrogen-bond donors (Lipinski definition) is 2. The summed E-state index contributed by atoms with van der Waals surface area (Å²) in [7, 11) is 0. The maximum atomic E-state index is 12.9. The first-order valence-corrected chi connectivity index (χ1v) is 10.1. The van der Waals surface area contributed by atoms with Gasteiger partial charge in [-0.15, -0.1) is 10.2 Å². The summed E-state index contributed by atoms with van der Waals surface area (Å²) < 4.78 is 1.09. The lowest BCUT2D eigenvalue weighted by molar-refractivity contribution is -0.384. The van der Waals surface area contributed by atoms with E-state index in [0.717, 1.165) is 30.3 Å². The first-order valence-electron chi connectivity index (χ1n) is 10.1. The van der Waals surface area contributed by atoms with Crippen molar-refractivity contribution in [3.05, 3.63) is 55.9 Å². The highest BCUT2D eigenvalue weighted by atomic mass is 16.6. The van der Waals surface area contributed by atoms with Crippen LogP contribution in [0, 0.1) is 23.0 Å². The maximum absolute atomic E-state index is 12.9. The molecule has 1 aromatic carbocycles. The van der Waals surface area contributed by atoms with Gasteiger partial charge in [0.25, 0.3) is 17.2 Å². The molecule has 2 aromatic rings. The summed E-state index contributed by atoms with van der Waals surface area (Å²) >= 11 is 0. The fraction of sp³-hybridized carbons (Fsp3) is 0.429. The number of carbonyl (C=O) groups is 1. The lowest BCUT2D eigenvalue weighted by Crippen LogP contribution is -2.32. The normalized spacial score (nSPS) is 12.2. The van der Waals surface area contributed by atoms with E-state index >= 15 is 0 Å². The van der Waals surface area contributed by atoms with Crippen molar-refractivity contribution in [3.8, 4) is 5.88 Å². The topological polar surface area (TPSA) is 153 Å². The average molecular weight is 429 g/mol. The number of nitro benzene ring substituents is 1. The van der Waals surface area contributed by atoms with Crippen LogP contribution in [0.2, 0.25) is 0 Å². The molecule has 2 rings (SSSR count).